The van der Waals surface area contributed by atoms with Crippen LogP contribution in [-0.2, 0) is 0 Å². The van der Waals surface area contributed by atoms with Gasteiger partial charge in [-0.3, -0.25) is 0 Å². The first kappa shape index (κ1) is 15.3. The quantitative estimate of drug-likeness (QED) is 0.578. The van der Waals surface area contributed by atoms with Gasteiger partial charge in [0, 0.05) is 28.8 Å². The van der Waals surface area contributed by atoms with Crippen molar-refractivity contribution in [2.24, 2.45) is 0 Å². The number of aryl methyl sites for hydroxylation is 1. The molecule has 25 heavy (non-hydrogen) atoms. The average molecular weight is 354 g/mol. The first-order valence-electron chi connectivity index (χ1n) is 7.44. The number of rotatable bonds is 4. The Morgan fingerprint density at radius 3 is 2.32 bits per heavy atom. The van der Waals surface area contributed by atoms with Crippen molar-refractivity contribution in [3.8, 4) is 22.8 Å². The summed E-state index contributed by atoms with van der Waals surface area (Å²) < 4.78 is 10.6. The van der Waals surface area contributed by atoms with Crippen molar-refractivity contribution >= 4 is 23.3 Å². The van der Waals surface area contributed by atoms with Crippen molar-refractivity contribution in [1.82, 2.24) is 20.3 Å². The Hall–Kier alpha value is -3.19. The monoisotopic (exact) mass is 353 g/mol. The van der Waals surface area contributed by atoms with Gasteiger partial charge in [0.15, 0.2) is 0 Å². The van der Waals surface area contributed by atoms with Gasteiger partial charge in [-0.25, -0.2) is 0 Å². The van der Waals surface area contributed by atoms with Crippen molar-refractivity contribution in [2.75, 3.05) is 5.32 Å². The SMILES string of the molecule is Cc1nc(-c2ccc(Nc3nnc(-c4ccc(Cl)cc4)o3)cc2)no1. The third kappa shape index (κ3) is 3.36. The van der Waals surface area contributed by atoms with Crippen LogP contribution in [0.5, 0.6) is 0 Å². The summed E-state index contributed by atoms with van der Waals surface area (Å²) in [6, 6.07) is 15.0. The van der Waals surface area contributed by atoms with Crippen LogP contribution >= 0.6 is 11.6 Å². The smallest absolute Gasteiger partial charge is 0.320 e. The van der Waals surface area contributed by atoms with E-state index in [0.717, 1.165) is 16.8 Å². The van der Waals surface area contributed by atoms with Gasteiger partial charge >= 0.3 is 6.01 Å². The van der Waals surface area contributed by atoms with Gasteiger partial charge in [0.05, 0.1) is 0 Å². The largest absolute Gasteiger partial charge is 0.403 e. The van der Waals surface area contributed by atoms with E-state index in [4.69, 9.17) is 20.5 Å². The van der Waals surface area contributed by atoms with Gasteiger partial charge in [-0.15, -0.1) is 5.10 Å². The lowest BCUT2D eigenvalue weighted by atomic mass is 10.2. The number of nitrogens with zero attached hydrogens (tertiary/aromatic N) is 4. The van der Waals surface area contributed by atoms with E-state index < -0.39 is 0 Å². The maximum atomic E-state index is 5.88. The van der Waals surface area contributed by atoms with E-state index in [2.05, 4.69) is 25.7 Å². The molecule has 4 aromatic rings. The summed E-state index contributed by atoms with van der Waals surface area (Å²) in [4.78, 5) is 4.19. The van der Waals surface area contributed by atoms with Gasteiger partial charge in [-0.2, -0.15) is 4.98 Å². The van der Waals surface area contributed by atoms with Gasteiger partial charge < -0.3 is 14.3 Å². The third-order valence-corrected chi connectivity index (χ3v) is 3.69. The number of nitrogens with one attached hydrogen (secondary N) is 1. The van der Waals surface area contributed by atoms with Crippen LogP contribution in [0.2, 0.25) is 5.02 Å². The molecule has 0 atom stereocenters. The molecule has 2 heterocycles. The number of hydrogen-bond acceptors (Lipinski definition) is 7. The van der Waals surface area contributed by atoms with Crippen LogP contribution in [0.15, 0.2) is 57.5 Å². The molecule has 0 aliphatic heterocycles. The highest BCUT2D eigenvalue weighted by atomic mass is 35.5. The number of aromatic nitrogens is 4. The van der Waals surface area contributed by atoms with E-state index in [1.54, 1.807) is 19.1 Å². The molecule has 0 aliphatic rings. The molecular formula is C17H12ClN5O2. The molecule has 0 unspecified atom stereocenters. The molecule has 124 valence electrons. The molecule has 2 aromatic carbocycles. The molecule has 0 radical (unpaired) electrons. The summed E-state index contributed by atoms with van der Waals surface area (Å²) in [5.74, 6) is 1.49. The second kappa shape index (κ2) is 6.37. The molecule has 0 spiro atoms. The lowest BCUT2D eigenvalue weighted by Gasteiger charge is -2.01. The van der Waals surface area contributed by atoms with E-state index in [1.165, 1.54) is 0 Å². The Balaban J connectivity index is 1.50. The summed E-state index contributed by atoms with van der Waals surface area (Å²) in [6.07, 6.45) is 0. The van der Waals surface area contributed by atoms with Gasteiger partial charge in [-0.05, 0) is 48.5 Å². The Bertz CT molecular complexity index is 993. The summed E-state index contributed by atoms with van der Waals surface area (Å²) in [5, 5.41) is 15.6. The lowest BCUT2D eigenvalue weighted by molar-refractivity contribution is 0.394. The maximum absolute atomic E-state index is 5.88. The Labute approximate surface area is 147 Å². The van der Waals surface area contributed by atoms with Crippen molar-refractivity contribution < 1.29 is 8.94 Å². The fraction of sp³-hybridized carbons (Fsp3) is 0.0588. The minimum absolute atomic E-state index is 0.299. The summed E-state index contributed by atoms with van der Waals surface area (Å²) in [6.45, 7) is 1.75. The molecule has 0 saturated carbocycles. The standard InChI is InChI=1S/C17H12ClN5O2/c1-10-19-15(23-25-10)11-4-8-14(9-5-11)20-17-22-21-16(24-17)12-2-6-13(18)7-3-12/h2-9H,1H3,(H,20,22). The van der Waals surface area contributed by atoms with E-state index in [-0.39, 0.29) is 0 Å². The topological polar surface area (TPSA) is 89.9 Å². The molecule has 0 aliphatic carbocycles. The Kier molecular flexibility index (Phi) is 3.91. The van der Waals surface area contributed by atoms with Crippen LogP contribution in [-0.4, -0.2) is 20.3 Å². The third-order valence-electron chi connectivity index (χ3n) is 3.44. The van der Waals surface area contributed by atoms with Gasteiger partial charge in [0.2, 0.25) is 17.6 Å². The second-order valence-electron chi connectivity index (χ2n) is 5.26. The highest BCUT2D eigenvalue weighted by Gasteiger charge is 2.10. The van der Waals surface area contributed by atoms with E-state index in [1.807, 2.05) is 36.4 Å². The Morgan fingerprint density at radius 1 is 0.920 bits per heavy atom. The molecular weight excluding hydrogens is 342 g/mol. The molecule has 7 nitrogen and oxygen atoms in total. The maximum Gasteiger partial charge on any atom is 0.320 e. The van der Waals surface area contributed by atoms with Crippen molar-refractivity contribution in [3.63, 3.8) is 0 Å². The van der Waals surface area contributed by atoms with E-state index >= 15 is 0 Å². The zero-order valence-electron chi connectivity index (χ0n) is 13.1. The molecule has 0 saturated heterocycles. The normalized spacial score (nSPS) is 10.8. The minimum Gasteiger partial charge on any atom is -0.403 e. The van der Waals surface area contributed by atoms with Gasteiger partial charge in [0.1, 0.15) is 0 Å². The van der Waals surface area contributed by atoms with Crippen molar-refractivity contribution in [2.45, 2.75) is 6.92 Å². The first-order chi connectivity index (χ1) is 12.2. The number of halogens is 1. The predicted molar refractivity (Wildman–Crippen MR) is 92.5 cm³/mol. The van der Waals surface area contributed by atoms with Gasteiger partial charge in [-0.1, -0.05) is 21.9 Å². The van der Waals surface area contributed by atoms with Gasteiger partial charge in [0.25, 0.3) is 0 Å². The minimum atomic E-state index is 0.299. The molecule has 1 N–H and O–H groups in total. The van der Waals surface area contributed by atoms with E-state index in [9.17, 15) is 0 Å². The molecule has 4 rings (SSSR count). The van der Waals surface area contributed by atoms with Crippen LogP contribution in [0.25, 0.3) is 22.8 Å². The van der Waals surface area contributed by atoms with Crippen LogP contribution in [0, 0.1) is 6.92 Å². The number of benzene rings is 2. The summed E-state index contributed by atoms with van der Waals surface area (Å²) >= 11 is 5.88. The van der Waals surface area contributed by atoms with Crippen LogP contribution in [0.1, 0.15) is 5.89 Å². The van der Waals surface area contributed by atoms with Crippen LogP contribution in [0.3, 0.4) is 0 Å². The Morgan fingerprint density at radius 2 is 1.64 bits per heavy atom. The first-order valence-corrected chi connectivity index (χ1v) is 7.82. The number of anilines is 2. The summed E-state index contributed by atoms with van der Waals surface area (Å²) in [7, 11) is 0. The van der Waals surface area contributed by atoms with E-state index in [0.29, 0.717) is 28.6 Å². The zero-order valence-corrected chi connectivity index (χ0v) is 13.9. The van der Waals surface area contributed by atoms with Crippen molar-refractivity contribution in [3.05, 3.63) is 59.4 Å². The highest BCUT2D eigenvalue weighted by molar-refractivity contribution is 6.30. The molecule has 0 amide bonds. The molecule has 0 bridgehead atoms. The fourth-order valence-corrected chi connectivity index (χ4v) is 2.35. The predicted octanol–water partition coefficient (Wildman–Crippen LogP) is 4.49. The van der Waals surface area contributed by atoms with Crippen LogP contribution in [0.4, 0.5) is 11.7 Å². The zero-order chi connectivity index (χ0) is 17.2. The van der Waals surface area contributed by atoms with Crippen molar-refractivity contribution in [1.29, 1.82) is 0 Å². The fourth-order valence-electron chi connectivity index (χ4n) is 2.23. The highest BCUT2D eigenvalue weighted by Crippen LogP contribution is 2.24. The second-order valence-corrected chi connectivity index (χ2v) is 5.70. The van der Waals surface area contributed by atoms with Crippen LogP contribution < -0.4 is 5.32 Å². The summed E-state index contributed by atoms with van der Waals surface area (Å²) in [5.41, 5.74) is 2.46. The molecule has 0 fully saturated rings. The molecule has 8 heteroatoms. The average Bonchev–Trinajstić information content (AvgIpc) is 3.26. The number of hydrogen-bond donors (Lipinski definition) is 1. The lowest BCUT2D eigenvalue weighted by Crippen LogP contribution is -1.90. The molecule has 2 aromatic heterocycles.